The lowest BCUT2D eigenvalue weighted by molar-refractivity contribution is -0.144. The molecule has 1 aliphatic heterocycles. The second-order valence-electron chi connectivity index (χ2n) is 7.32. The molecule has 1 aromatic carbocycles. The van der Waals surface area contributed by atoms with E-state index in [9.17, 15) is 9.59 Å². The number of carbonyl (C=O) groups excluding carboxylic acids is 2. The standard InChI is InChI=1S/C21H23N7O3/c1-2-17-26-27-19(31-17)13-5-3-7-15(11-13)24-18(29)20(30)28-10-4-6-14(12-28)16-8-9-23-21(22)25-16/h3,5,7-9,11,14H,2,4,6,10,12H2,1H3,(H,24,29)(H2,22,23,25). The number of rotatable bonds is 4. The molecule has 1 saturated heterocycles. The van der Waals surface area contributed by atoms with Gasteiger partial charge < -0.3 is 20.4 Å². The van der Waals surface area contributed by atoms with Gasteiger partial charge in [0.15, 0.2) is 0 Å². The van der Waals surface area contributed by atoms with Gasteiger partial charge in [0.05, 0.1) is 5.69 Å². The van der Waals surface area contributed by atoms with Crippen LogP contribution in [-0.2, 0) is 16.0 Å². The SMILES string of the molecule is CCc1nnc(-c2cccc(NC(=O)C(=O)N3CCCC(c4ccnc(N)n4)C3)c2)o1. The molecule has 0 aliphatic carbocycles. The normalized spacial score (nSPS) is 16.2. The zero-order chi connectivity index (χ0) is 21.8. The molecule has 1 atom stereocenters. The molecule has 31 heavy (non-hydrogen) atoms. The first-order valence-electron chi connectivity index (χ1n) is 10.1. The first-order valence-corrected chi connectivity index (χ1v) is 10.1. The van der Waals surface area contributed by atoms with Crippen LogP contribution in [0.25, 0.3) is 11.5 Å². The van der Waals surface area contributed by atoms with Crippen LogP contribution in [-0.4, -0.2) is 50.0 Å². The second-order valence-corrected chi connectivity index (χ2v) is 7.32. The molecule has 1 unspecified atom stereocenters. The van der Waals surface area contributed by atoms with Crippen LogP contribution in [0.15, 0.2) is 40.9 Å². The van der Waals surface area contributed by atoms with Gasteiger partial charge in [-0.05, 0) is 37.1 Å². The summed E-state index contributed by atoms with van der Waals surface area (Å²) in [4.78, 5) is 35.1. The van der Waals surface area contributed by atoms with E-state index in [1.54, 1.807) is 41.4 Å². The van der Waals surface area contributed by atoms with Crippen LogP contribution >= 0.6 is 0 Å². The topological polar surface area (TPSA) is 140 Å². The molecule has 1 fully saturated rings. The second kappa shape index (κ2) is 8.90. The molecule has 0 saturated carbocycles. The molecule has 2 amide bonds. The number of amides is 2. The van der Waals surface area contributed by atoms with Crippen LogP contribution in [0.5, 0.6) is 0 Å². The number of likely N-dealkylation sites (tertiary alicyclic amines) is 1. The maximum Gasteiger partial charge on any atom is 0.313 e. The molecule has 3 aromatic rings. The number of benzene rings is 1. The van der Waals surface area contributed by atoms with Gasteiger partial charge in [-0.15, -0.1) is 10.2 Å². The number of nitrogens with zero attached hydrogens (tertiary/aromatic N) is 5. The molecule has 0 spiro atoms. The fourth-order valence-corrected chi connectivity index (χ4v) is 3.59. The molecule has 0 bridgehead atoms. The smallest absolute Gasteiger partial charge is 0.313 e. The van der Waals surface area contributed by atoms with Gasteiger partial charge >= 0.3 is 11.8 Å². The van der Waals surface area contributed by atoms with Crippen molar-refractivity contribution >= 4 is 23.5 Å². The number of nitrogen functional groups attached to an aromatic ring is 1. The van der Waals surface area contributed by atoms with Gasteiger partial charge in [0.25, 0.3) is 0 Å². The van der Waals surface area contributed by atoms with E-state index in [-0.39, 0.29) is 11.9 Å². The summed E-state index contributed by atoms with van der Waals surface area (Å²) in [6.07, 6.45) is 3.88. The quantitative estimate of drug-likeness (QED) is 0.610. The minimum absolute atomic E-state index is 0.0180. The lowest BCUT2D eigenvalue weighted by atomic mass is 9.94. The fourth-order valence-electron chi connectivity index (χ4n) is 3.59. The number of nitrogens with one attached hydrogen (secondary N) is 1. The summed E-state index contributed by atoms with van der Waals surface area (Å²) in [5, 5.41) is 10.6. The highest BCUT2D eigenvalue weighted by atomic mass is 16.4. The minimum atomic E-state index is -0.695. The lowest BCUT2D eigenvalue weighted by Gasteiger charge is -2.32. The average Bonchev–Trinajstić information content (AvgIpc) is 3.28. The van der Waals surface area contributed by atoms with Crippen molar-refractivity contribution in [3.63, 3.8) is 0 Å². The van der Waals surface area contributed by atoms with Crippen molar-refractivity contribution in [2.24, 2.45) is 0 Å². The number of piperidine rings is 1. The third kappa shape index (κ3) is 4.68. The predicted molar refractivity (Wildman–Crippen MR) is 113 cm³/mol. The van der Waals surface area contributed by atoms with E-state index >= 15 is 0 Å². The number of anilines is 2. The summed E-state index contributed by atoms with van der Waals surface area (Å²) in [5.74, 6) is -0.162. The third-order valence-electron chi connectivity index (χ3n) is 5.15. The number of carbonyl (C=O) groups is 2. The van der Waals surface area contributed by atoms with E-state index in [1.165, 1.54) is 0 Å². The molecule has 3 heterocycles. The van der Waals surface area contributed by atoms with E-state index in [0.717, 1.165) is 18.5 Å². The molecule has 10 nitrogen and oxygen atoms in total. The first kappa shape index (κ1) is 20.5. The Morgan fingerprint density at radius 3 is 2.94 bits per heavy atom. The van der Waals surface area contributed by atoms with Gasteiger partial charge in [-0.2, -0.15) is 0 Å². The Morgan fingerprint density at radius 2 is 2.16 bits per heavy atom. The first-order chi connectivity index (χ1) is 15.0. The Labute approximate surface area is 178 Å². The van der Waals surface area contributed by atoms with Crippen molar-refractivity contribution in [2.75, 3.05) is 24.1 Å². The molecule has 1 aliphatic rings. The van der Waals surface area contributed by atoms with Crippen LogP contribution < -0.4 is 11.1 Å². The van der Waals surface area contributed by atoms with Crippen molar-refractivity contribution in [2.45, 2.75) is 32.1 Å². The number of hydrogen-bond acceptors (Lipinski definition) is 8. The van der Waals surface area contributed by atoms with Crippen LogP contribution in [0.1, 0.15) is 37.3 Å². The van der Waals surface area contributed by atoms with E-state index in [4.69, 9.17) is 10.2 Å². The molecule has 3 N–H and O–H groups in total. The fraction of sp³-hybridized carbons (Fsp3) is 0.333. The highest BCUT2D eigenvalue weighted by Crippen LogP contribution is 2.26. The molecule has 2 aromatic heterocycles. The van der Waals surface area contributed by atoms with Gasteiger partial charge in [-0.25, -0.2) is 9.97 Å². The Morgan fingerprint density at radius 1 is 1.29 bits per heavy atom. The monoisotopic (exact) mass is 421 g/mol. The zero-order valence-corrected chi connectivity index (χ0v) is 17.1. The Hall–Kier alpha value is -3.82. The van der Waals surface area contributed by atoms with Crippen molar-refractivity contribution in [3.05, 3.63) is 48.1 Å². The summed E-state index contributed by atoms with van der Waals surface area (Å²) in [6.45, 7) is 2.85. The number of aromatic nitrogens is 4. The summed E-state index contributed by atoms with van der Waals surface area (Å²) >= 11 is 0. The zero-order valence-electron chi connectivity index (χ0n) is 17.1. The largest absolute Gasteiger partial charge is 0.421 e. The van der Waals surface area contributed by atoms with Crippen molar-refractivity contribution in [3.8, 4) is 11.5 Å². The molecule has 10 heteroatoms. The maximum atomic E-state index is 12.8. The average molecular weight is 421 g/mol. The van der Waals surface area contributed by atoms with Crippen LogP contribution in [0, 0.1) is 0 Å². The number of nitrogens with two attached hydrogens (primary N) is 1. The van der Waals surface area contributed by atoms with Crippen LogP contribution in [0.3, 0.4) is 0 Å². The molecule has 4 rings (SSSR count). The number of aryl methyl sites for hydroxylation is 1. The highest BCUT2D eigenvalue weighted by Gasteiger charge is 2.29. The predicted octanol–water partition coefficient (Wildman–Crippen LogP) is 2.02. The molecular weight excluding hydrogens is 398 g/mol. The summed E-state index contributed by atoms with van der Waals surface area (Å²) in [5.41, 5.74) is 7.60. The lowest BCUT2D eigenvalue weighted by Crippen LogP contribution is -2.44. The van der Waals surface area contributed by atoms with Crippen molar-refractivity contribution in [1.82, 2.24) is 25.1 Å². The summed E-state index contributed by atoms with van der Waals surface area (Å²) in [7, 11) is 0. The van der Waals surface area contributed by atoms with Gasteiger partial charge in [-0.1, -0.05) is 13.0 Å². The Bertz CT molecular complexity index is 1100. The van der Waals surface area contributed by atoms with Crippen molar-refractivity contribution < 1.29 is 14.0 Å². The van der Waals surface area contributed by atoms with E-state index < -0.39 is 11.8 Å². The Balaban J connectivity index is 1.42. The van der Waals surface area contributed by atoms with Gasteiger partial charge in [-0.3, -0.25) is 9.59 Å². The van der Waals surface area contributed by atoms with Crippen LogP contribution in [0.2, 0.25) is 0 Å². The van der Waals surface area contributed by atoms with E-state index in [2.05, 4.69) is 25.5 Å². The van der Waals surface area contributed by atoms with Crippen LogP contribution in [0.4, 0.5) is 11.6 Å². The molecular formula is C21H23N7O3. The summed E-state index contributed by atoms with van der Waals surface area (Å²) < 4.78 is 5.55. The highest BCUT2D eigenvalue weighted by molar-refractivity contribution is 6.39. The van der Waals surface area contributed by atoms with Gasteiger partial charge in [0, 0.05) is 42.9 Å². The molecule has 0 radical (unpaired) electrons. The number of hydrogen-bond donors (Lipinski definition) is 2. The maximum absolute atomic E-state index is 12.8. The van der Waals surface area contributed by atoms with E-state index in [0.29, 0.717) is 42.5 Å². The van der Waals surface area contributed by atoms with Gasteiger partial charge in [0.2, 0.25) is 17.7 Å². The molecule has 160 valence electrons. The Kier molecular flexibility index (Phi) is 5.87. The van der Waals surface area contributed by atoms with Crippen molar-refractivity contribution in [1.29, 1.82) is 0 Å². The third-order valence-corrected chi connectivity index (χ3v) is 5.15. The summed E-state index contributed by atoms with van der Waals surface area (Å²) in [6, 6.07) is 8.74. The minimum Gasteiger partial charge on any atom is -0.421 e. The van der Waals surface area contributed by atoms with Gasteiger partial charge in [0.1, 0.15) is 0 Å². The van der Waals surface area contributed by atoms with E-state index in [1.807, 2.05) is 6.92 Å².